The van der Waals surface area contributed by atoms with E-state index < -0.39 is 0 Å². The molecular weight excluding hydrogens is 241 g/mol. The number of rotatable bonds is 8. The van der Waals surface area contributed by atoms with Gasteiger partial charge in [-0.2, -0.15) is 0 Å². The molecule has 1 rings (SSSR count). The van der Waals surface area contributed by atoms with Gasteiger partial charge >= 0.3 is 13.5 Å². The van der Waals surface area contributed by atoms with Crippen LogP contribution in [-0.2, 0) is 20.6 Å². The van der Waals surface area contributed by atoms with Crippen molar-refractivity contribution in [2.24, 2.45) is 5.92 Å². The molecule has 0 radical (unpaired) electrons. The zero-order chi connectivity index (χ0) is 14.1. The molecule has 1 N–H and O–H groups in total. The van der Waals surface area contributed by atoms with Gasteiger partial charge in [-0.1, -0.05) is 37.3 Å². The summed E-state index contributed by atoms with van der Waals surface area (Å²) >= 11 is 0. The van der Waals surface area contributed by atoms with Crippen LogP contribution in [0, 0.1) is 11.3 Å². The number of hydrogen-bond donors (Lipinski definition) is 1. The summed E-state index contributed by atoms with van der Waals surface area (Å²) in [4.78, 5) is 11.5. The van der Waals surface area contributed by atoms with Crippen LogP contribution in [0.1, 0.15) is 18.9 Å². The third-order valence-electron chi connectivity index (χ3n) is 3.07. The van der Waals surface area contributed by atoms with Crippen molar-refractivity contribution < 1.29 is 14.2 Å². The van der Waals surface area contributed by atoms with E-state index in [9.17, 15) is 4.79 Å². The third kappa shape index (κ3) is 5.59. The van der Waals surface area contributed by atoms with Gasteiger partial charge in [0.25, 0.3) is 0 Å². The number of methoxy groups -OCH3 is 1. The molecule has 0 aliphatic heterocycles. The molecule has 2 atom stereocenters. The van der Waals surface area contributed by atoms with E-state index in [0.717, 1.165) is 12.8 Å². The van der Waals surface area contributed by atoms with Crippen LogP contribution < -0.4 is 0 Å². The molecule has 5 heteroatoms. The van der Waals surface area contributed by atoms with Gasteiger partial charge in [-0.3, -0.25) is 10.2 Å². The van der Waals surface area contributed by atoms with Crippen molar-refractivity contribution in [3.8, 4) is 0 Å². The summed E-state index contributed by atoms with van der Waals surface area (Å²) in [5, 5.41) is 6.94. The average molecular weight is 261 g/mol. The van der Waals surface area contributed by atoms with E-state index in [1.165, 1.54) is 12.7 Å². The smallest absolute Gasteiger partial charge is 0.344 e. The lowest BCUT2D eigenvalue weighted by atomic mass is 9.71. The SMILES string of the molecule is COC(=O)[C@@H](C)C[C@@H](BOC=N)Cc1ccccc1. The minimum Gasteiger partial charge on any atom is -0.557 e. The van der Waals surface area contributed by atoms with Crippen LogP contribution in [-0.4, -0.2) is 27.0 Å². The van der Waals surface area contributed by atoms with Crippen molar-refractivity contribution in [1.29, 1.82) is 5.41 Å². The Labute approximate surface area is 114 Å². The van der Waals surface area contributed by atoms with E-state index in [2.05, 4.69) is 12.1 Å². The Kier molecular flexibility index (Phi) is 6.72. The second-order valence-electron chi connectivity index (χ2n) is 4.67. The first-order chi connectivity index (χ1) is 9.17. The van der Waals surface area contributed by atoms with E-state index in [0.29, 0.717) is 13.9 Å². The Morgan fingerprint density at radius 2 is 2.11 bits per heavy atom. The summed E-state index contributed by atoms with van der Waals surface area (Å²) in [7, 11) is 1.85. The van der Waals surface area contributed by atoms with Crippen molar-refractivity contribution in [2.45, 2.75) is 25.6 Å². The first-order valence-corrected chi connectivity index (χ1v) is 6.39. The number of carbonyl (C=O) groups is 1. The summed E-state index contributed by atoms with van der Waals surface area (Å²) in [6.07, 6.45) is 2.46. The minimum atomic E-state index is -0.201. The Bertz CT molecular complexity index is 397. The number of ether oxygens (including phenoxy) is 1. The van der Waals surface area contributed by atoms with Crippen molar-refractivity contribution >= 4 is 19.9 Å². The second-order valence-corrected chi connectivity index (χ2v) is 4.67. The average Bonchev–Trinajstić information content (AvgIpc) is 2.44. The van der Waals surface area contributed by atoms with Gasteiger partial charge < -0.3 is 9.39 Å². The molecule has 0 aliphatic rings. The fourth-order valence-corrected chi connectivity index (χ4v) is 2.14. The maximum Gasteiger partial charge on any atom is 0.344 e. The lowest BCUT2D eigenvalue weighted by Gasteiger charge is -2.18. The quantitative estimate of drug-likeness (QED) is 0.338. The standard InChI is InChI=1S/C14H20BNO3/c1-11(14(17)18-2)8-13(15-19-10-16)9-12-6-4-3-5-7-12/h3-7,10-11,13,15-16H,8-9H2,1-2H3/t11-,13+/m0/s1. The second kappa shape index (κ2) is 8.35. The molecule has 0 aromatic heterocycles. The molecule has 0 spiro atoms. The van der Waals surface area contributed by atoms with E-state index in [1.807, 2.05) is 25.1 Å². The van der Waals surface area contributed by atoms with Crippen LogP contribution in [0.5, 0.6) is 0 Å². The van der Waals surface area contributed by atoms with Gasteiger partial charge in [0.1, 0.15) is 6.40 Å². The summed E-state index contributed by atoms with van der Waals surface area (Å²) in [5.74, 6) is -0.168. The largest absolute Gasteiger partial charge is 0.557 e. The van der Waals surface area contributed by atoms with Gasteiger partial charge in [0.15, 0.2) is 0 Å². The molecule has 0 bridgehead atoms. The molecule has 0 heterocycles. The monoisotopic (exact) mass is 261 g/mol. The van der Waals surface area contributed by atoms with Crippen LogP contribution in [0.25, 0.3) is 0 Å². The topological polar surface area (TPSA) is 59.4 Å². The van der Waals surface area contributed by atoms with Crippen LogP contribution in [0.2, 0.25) is 5.82 Å². The number of esters is 1. The first kappa shape index (κ1) is 15.3. The highest BCUT2D eigenvalue weighted by molar-refractivity contribution is 6.31. The Hall–Kier alpha value is -1.78. The van der Waals surface area contributed by atoms with Gasteiger partial charge in [-0.05, 0) is 24.2 Å². The Balaban J connectivity index is 2.61. The molecule has 0 amide bonds. The minimum absolute atomic E-state index is 0.159. The lowest BCUT2D eigenvalue weighted by molar-refractivity contribution is -0.145. The number of hydrogen-bond acceptors (Lipinski definition) is 4. The predicted molar refractivity (Wildman–Crippen MR) is 76.7 cm³/mol. The van der Waals surface area contributed by atoms with E-state index in [4.69, 9.17) is 14.8 Å². The first-order valence-electron chi connectivity index (χ1n) is 6.39. The van der Waals surface area contributed by atoms with E-state index >= 15 is 0 Å². The van der Waals surface area contributed by atoms with Crippen LogP contribution >= 0.6 is 0 Å². The van der Waals surface area contributed by atoms with Crippen molar-refractivity contribution in [1.82, 2.24) is 0 Å². The molecule has 102 valence electrons. The normalized spacial score (nSPS) is 13.2. The Morgan fingerprint density at radius 1 is 1.42 bits per heavy atom. The van der Waals surface area contributed by atoms with Crippen molar-refractivity contribution in [2.75, 3.05) is 7.11 Å². The molecule has 1 aromatic rings. The van der Waals surface area contributed by atoms with Crippen molar-refractivity contribution in [3.05, 3.63) is 35.9 Å². The third-order valence-corrected chi connectivity index (χ3v) is 3.07. The maximum absolute atomic E-state index is 11.5. The number of benzene rings is 1. The highest BCUT2D eigenvalue weighted by Crippen LogP contribution is 2.22. The van der Waals surface area contributed by atoms with E-state index in [1.54, 1.807) is 0 Å². The molecule has 1 aromatic carbocycles. The maximum atomic E-state index is 11.5. The van der Waals surface area contributed by atoms with Crippen LogP contribution in [0.3, 0.4) is 0 Å². The van der Waals surface area contributed by atoms with Crippen LogP contribution in [0.15, 0.2) is 30.3 Å². The summed E-state index contributed by atoms with van der Waals surface area (Å²) in [6.45, 7) is 1.86. The molecule has 0 saturated carbocycles. The molecular formula is C14H20BNO3. The molecule has 0 aliphatic carbocycles. The predicted octanol–water partition coefficient (Wildman–Crippen LogP) is 2.19. The van der Waals surface area contributed by atoms with E-state index in [-0.39, 0.29) is 17.7 Å². The van der Waals surface area contributed by atoms with Crippen molar-refractivity contribution in [3.63, 3.8) is 0 Å². The highest BCUT2D eigenvalue weighted by atomic mass is 16.5. The van der Waals surface area contributed by atoms with Gasteiger partial charge in [-0.25, -0.2) is 0 Å². The summed E-state index contributed by atoms with van der Waals surface area (Å²) in [6, 6.07) is 10.1. The summed E-state index contributed by atoms with van der Waals surface area (Å²) < 4.78 is 9.81. The van der Waals surface area contributed by atoms with Gasteiger partial charge in [0.2, 0.25) is 0 Å². The molecule has 4 nitrogen and oxygen atoms in total. The molecule has 0 unspecified atom stereocenters. The lowest BCUT2D eigenvalue weighted by Crippen LogP contribution is -2.19. The Morgan fingerprint density at radius 3 is 2.68 bits per heavy atom. The van der Waals surface area contributed by atoms with Gasteiger partial charge in [0, 0.05) is 0 Å². The summed E-state index contributed by atoms with van der Waals surface area (Å²) in [5.41, 5.74) is 1.21. The zero-order valence-corrected chi connectivity index (χ0v) is 11.5. The number of nitrogens with one attached hydrogen (secondary N) is 1. The van der Waals surface area contributed by atoms with Crippen LogP contribution in [0.4, 0.5) is 0 Å². The zero-order valence-electron chi connectivity index (χ0n) is 11.5. The highest BCUT2D eigenvalue weighted by Gasteiger charge is 2.21. The van der Waals surface area contributed by atoms with Gasteiger partial charge in [0.05, 0.1) is 13.0 Å². The molecule has 19 heavy (non-hydrogen) atoms. The fourth-order valence-electron chi connectivity index (χ4n) is 2.14. The number of carbonyl (C=O) groups excluding carboxylic acids is 1. The fraction of sp³-hybridized carbons (Fsp3) is 0.429. The molecule has 0 fully saturated rings. The van der Waals surface area contributed by atoms with Gasteiger partial charge in [-0.15, -0.1) is 0 Å². The molecule has 0 saturated heterocycles.